The maximum absolute atomic E-state index is 13.6. The van der Waals surface area contributed by atoms with E-state index in [-0.39, 0.29) is 24.7 Å². The van der Waals surface area contributed by atoms with Crippen molar-refractivity contribution in [3.8, 4) is 11.5 Å². The van der Waals surface area contributed by atoms with Gasteiger partial charge in [0.25, 0.3) is 0 Å². The normalized spacial score (nSPS) is 16.8. The number of aliphatic imine (C=N–C) groups is 1. The maximum atomic E-state index is 13.6. The van der Waals surface area contributed by atoms with Gasteiger partial charge in [0.05, 0.1) is 38.0 Å². The second-order valence-corrected chi connectivity index (χ2v) is 10.9. The fourth-order valence-corrected chi connectivity index (χ4v) is 5.38. The number of nitrogens with one attached hydrogen (secondary N) is 1. The Hall–Kier alpha value is -3.79. The molecule has 0 spiro atoms. The number of benzene rings is 2. The topological polar surface area (TPSA) is 89.5 Å². The van der Waals surface area contributed by atoms with E-state index >= 15 is 0 Å². The number of ether oxygens (including phenoxy) is 3. The lowest BCUT2D eigenvalue weighted by Gasteiger charge is -2.37. The van der Waals surface area contributed by atoms with Crippen LogP contribution in [-0.2, 0) is 20.9 Å². The van der Waals surface area contributed by atoms with Crippen LogP contribution < -0.4 is 14.8 Å². The zero-order valence-electron chi connectivity index (χ0n) is 22.8. The van der Waals surface area contributed by atoms with Crippen molar-refractivity contribution < 1.29 is 28.2 Å². The molecule has 0 bridgehead atoms. The summed E-state index contributed by atoms with van der Waals surface area (Å²) in [6, 6.07) is 10.8. The van der Waals surface area contributed by atoms with Gasteiger partial charge in [-0.25, -0.2) is 14.2 Å². The molecule has 2 aromatic carbocycles. The van der Waals surface area contributed by atoms with Gasteiger partial charge in [0.2, 0.25) is 5.91 Å². The molecule has 2 heterocycles. The molecule has 0 fully saturated rings. The van der Waals surface area contributed by atoms with E-state index in [1.165, 1.54) is 23.9 Å². The van der Waals surface area contributed by atoms with Gasteiger partial charge in [-0.1, -0.05) is 36.0 Å². The van der Waals surface area contributed by atoms with Crippen LogP contribution >= 0.6 is 11.8 Å². The van der Waals surface area contributed by atoms with Crippen LogP contribution in [0.4, 0.5) is 4.39 Å². The number of carbonyl (C=O) groups excluding carboxylic acids is 2. The molecule has 1 amide bonds. The molecule has 2 aliphatic rings. The van der Waals surface area contributed by atoms with Crippen molar-refractivity contribution in [1.29, 1.82) is 0 Å². The fraction of sp³-hybridized carbons (Fsp3) is 0.345. The molecule has 4 rings (SSSR count). The fourth-order valence-electron chi connectivity index (χ4n) is 4.42. The highest BCUT2D eigenvalue weighted by atomic mass is 32.2. The molecule has 0 aliphatic carbocycles. The molecule has 0 unspecified atom stereocenters. The van der Waals surface area contributed by atoms with E-state index in [2.05, 4.69) is 5.32 Å². The third-order valence-corrected chi connectivity index (χ3v) is 6.98. The van der Waals surface area contributed by atoms with E-state index in [0.717, 1.165) is 5.56 Å². The molecule has 1 N–H and O–H groups in total. The first-order valence-corrected chi connectivity index (χ1v) is 13.3. The number of methoxy groups -OCH3 is 2. The molecule has 10 heteroatoms. The first-order valence-electron chi connectivity index (χ1n) is 12.4. The molecule has 39 heavy (non-hydrogen) atoms. The number of carbonyl (C=O) groups is 2. The quantitative estimate of drug-likeness (QED) is 0.434. The molecule has 0 saturated carbocycles. The van der Waals surface area contributed by atoms with E-state index in [0.29, 0.717) is 39.2 Å². The zero-order valence-corrected chi connectivity index (χ0v) is 23.6. The van der Waals surface area contributed by atoms with Crippen molar-refractivity contribution in [1.82, 2.24) is 10.2 Å². The Morgan fingerprint density at radius 2 is 1.82 bits per heavy atom. The van der Waals surface area contributed by atoms with Gasteiger partial charge in [-0.15, -0.1) is 0 Å². The third-order valence-electron chi connectivity index (χ3n) is 6.09. The Balaban J connectivity index is 1.69. The van der Waals surface area contributed by atoms with Crippen molar-refractivity contribution in [2.45, 2.75) is 52.3 Å². The van der Waals surface area contributed by atoms with E-state index in [9.17, 15) is 14.0 Å². The summed E-state index contributed by atoms with van der Waals surface area (Å²) in [6.45, 7) is 7.46. The number of rotatable bonds is 8. The zero-order chi connectivity index (χ0) is 28.3. The highest BCUT2D eigenvalue weighted by Gasteiger charge is 2.43. The largest absolute Gasteiger partial charge is 0.493 e. The van der Waals surface area contributed by atoms with Gasteiger partial charge in [0, 0.05) is 17.8 Å². The minimum Gasteiger partial charge on any atom is -0.493 e. The molecule has 8 nitrogen and oxygen atoms in total. The number of para-hydroxylation sites is 1. The van der Waals surface area contributed by atoms with Gasteiger partial charge in [-0.05, 0) is 56.9 Å². The lowest BCUT2D eigenvalue weighted by molar-refractivity contribution is -0.150. The molecular weight excluding hydrogens is 521 g/mol. The minimum absolute atomic E-state index is 0.0383. The summed E-state index contributed by atoms with van der Waals surface area (Å²) >= 11 is 1.38. The maximum Gasteiger partial charge on any atom is 0.338 e. The van der Waals surface area contributed by atoms with Crippen LogP contribution in [0.25, 0.3) is 0 Å². The summed E-state index contributed by atoms with van der Waals surface area (Å²) in [7, 11) is 3.09. The number of thioether (sulfide) groups is 1. The first kappa shape index (κ1) is 28.2. The van der Waals surface area contributed by atoms with Crippen molar-refractivity contribution in [3.05, 3.63) is 81.8 Å². The third kappa shape index (κ3) is 6.27. The lowest BCUT2D eigenvalue weighted by atomic mass is 9.92. The molecule has 0 aromatic heterocycles. The molecule has 0 saturated heterocycles. The molecular formula is C29H32FN3O5S. The Morgan fingerprint density at radius 1 is 1.10 bits per heavy atom. The Morgan fingerprint density at radius 3 is 2.46 bits per heavy atom. The van der Waals surface area contributed by atoms with Crippen LogP contribution in [0, 0.1) is 5.82 Å². The highest BCUT2D eigenvalue weighted by Crippen LogP contribution is 2.48. The monoisotopic (exact) mass is 553 g/mol. The standard InChI is InChI=1S/C29H32FN3O5S/c1-17-24(27(35)38-29(2,3)4)25(21-8-7-9-22(36-5)26(21)37-6)33-20(16-39-28(33)32-17)14-23(34)31-15-18-10-12-19(30)13-11-18/h7-13,16,25H,14-15H2,1-6H3,(H,31,34)/t25-/m0/s1. The predicted octanol–water partition coefficient (Wildman–Crippen LogP) is 5.47. The van der Waals surface area contributed by atoms with Crippen LogP contribution in [0.5, 0.6) is 11.5 Å². The average Bonchev–Trinajstić information content (AvgIpc) is 3.27. The molecule has 0 radical (unpaired) electrons. The van der Waals surface area contributed by atoms with Crippen LogP contribution in [-0.4, -0.2) is 41.8 Å². The lowest BCUT2D eigenvalue weighted by Crippen LogP contribution is -2.39. The summed E-state index contributed by atoms with van der Waals surface area (Å²) in [6.07, 6.45) is 0.0383. The smallest absolute Gasteiger partial charge is 0.338 e. The molecule has 2 aromatic rings. The summed E-state index contributed by atoms with van der Waals surface area (Å²) in [4.78, 5) is 33.2. The van der Waals surface area contributed by atoms with Gasteiger partial charge in [-0.3, -0.25) is 4.79 Å². The summed E-state index contributed by atoms with van der Waals surface area (Å²) in [5, 5.41) is 5.38. The van der Waals surface area contributed by atoms with Gasteiger partial charge < -0.3 is 24.4 Å². The average molecular weight is 554 g/mol. The number of hydrogen-bond acceptors (Lipinski definition) is 8. The number of amides is 1. The van der Waals surface area contributed by atoms with E-state index in [4.69, 9.17) is 19.2 Å². The van der Waals surface area contributed by atoms with Crippen LogP contribution in [0.3, 0.4) is 0 Å². The van der Waals surface area contributed by atoms with Gasteiger partial charge in [0.1, 0.15) is 11.4 Å². The summed E-state index contributed by atoms with van der Waals surface area (Å²) in [5.74, 6) is -0.0892. The second-order valence-electron chi connectivity index (χ2n) is 10.1. The van der Waals surface area contributed by atoms with Gasteiger partial charge >= 0.3 is 5.97 Å². The van der Waals surface area contributed by atoms with E-state index in [1.54, 1.807) is 39.3 Å². The van der Waals surface area contributed by atoms with E-state index in [1.807, 2.05) is 43.2 Å². The summed E-state index contributed by atoms with van der Waals surface area (Å²) in [5.41, 5.74) is 2.26. The Bertz CT molecular complexity index is 1360. The number of halogens is 1. The first-order chi connectivity index (χ1) is 18.5. The molecule has 2 aliphatic heterocycles. The van der Waals surface area contributed by atoms with Crippen LogP contribution in [0.1, 0.15) is 51.3 Å². The predicted molar refractivity (Wildman–Crippen MR) is 149 cm³/mol. The number of fused-ring (bicyclic) bond motifs is 1. The van der Waals surface area contributed by atoms with Crippen molar-refractivity contribution in [2.75, 3.05) is 14.2 Å². The summed E-state index contributed by atoms with van der Waals surface area (Å²) < 4.78 is 30.3. The number of allylic oxidation sites excluding steroid dienone is 1. The van der Waals surface area contributed by atoms with Gasteiger partial charge in [0.15, 0.2) is 16.7 Å². The van der Waals surface area contributed by atoms with Crippen LogP contribution in [0.2, 0.25) is 0 Å². The molecule has 206 valence electrons. The molecule has 1 atom stereocenters. The number of nitrogens with zero attached hydrogens (tertiary/aromatic N) is 2. The number of esters is 1. The van der Waals surface area contributed by atoms with Crippen molar-refractivity contribution >= 4 is 28.8 Å². The Labute approximate surface area is 231 Å². The van der Waals surface area contributed by atoms with Gasteiger partial charge in [-0.2, -0.15) is 0 Å². The number of hydrogen-bond donors (Lipinski definition) is 1. The van der Waals surface area contributed by atoms with E-state index < -0.39 is 17.6 Å². The van der Waals surface area contributed by atoms with Crippen molar-refractivity contribution in [3.63, 3.8) is 0 Å². The van der Waals surface area contributed by atoms with Crippen molar-refractivity contribution in [2.24, 2.45) is 4.99 Å². The number of amidine groups is 1. The minimum atomic E-state index is -0.726. The van der Waals surface area contributed by atoms with Crippen LogP contribution in [0.15, 0.2) is 69.8 Å². The second kappa shape index (κ2) is 11.5. The Kier molecular flexibility index (Phi) is 8.34. The highest BCUT2D eigenvalue weighted by molar-refractivity contribution is 8.16. The SMILES string of the molecule is COc1cccc([C@H]2C(C(=O)OC(C)(C)C)=C(C)N=C3SC=C(CC(=O)NCc4ccc(F)cc4)N32)c1OC.